The van der Waals surface area contributed by atoms with Crippen LogP contribution in [0.2, 0.25) is 0 Å². The zero-order chi connectivity index (χ0) is 8.48. The van der Waals surface area contributed by atoms with E-state index >= 15 is 0 Å². The van der Waals surface area contributed by atoms with Gasteiger partial charge < -0.3 is 15.1 Å². The Kier molecular flexibility index (Phi) is 2.52. The number of likely N-dealkylation sites (tertiary alicyclic amines) is 1. The van der Waals surface area contributed by atoms with Crippen LogP contribution < -0.4 is 0 Å². The van der Waals surface area contributed by atoms with Crippen molar-refractivity contribution >= 4 is 0 Å². The van der Waals surface area contributed by atoms with Crippen molar-refractivity contribution in [1.82, 2.24) is 4.90 Å². The maximum absolute atomic E-state index is 9.76. The summed E-state index contributed by atoms with van der Waals surface area (Å²) in [5.41, 5.74) is -0.867. The van der Waals surface area contributed by atoms with Gasteiger partial charge in [0, 0.05) is 0 Å². The largest absolute Gasteiger partial charge is 0.457 e. The molecule has 1 aliphatic heterocycles. The SMILES string of the molecule is [CH2-]N1CC[C@](O)(CC)[C@@H](O)C1. The highest BCUT2D eigenvalue weighted by Gasteiger charge is 2.36. The molecule has 1 heterocycles. The predicted octanol–water partition coefficient (Wildman–Crippen LogP) is -0.0143. The topological polar surface area (TPSA) is 43.7 Å². The summed E-state index contributed by atoms with van der Waals surface area (Å²) in [6.45, 7) is 3.13. The standard InChI is InChI=1S/C8H16NO2/c1-3-8(11)4-5-9(2)6-7(8)10/h7,10-11H,2-6H2,1H3/q-1/t7-,8+/m0/s1. The summed E-state index contributed by atoms with van der Waals surface area (Å²) in [5.74, 6) is 0. The van der Waals surface area contributed by atoms with Gasteiger partial charge in [-0.1, -0.05) is 6.92 Å². The second-order valence-corrected chi connectivity index (χ2v) is 3.30. The van der Waals surface area contributed by atoms with E-state index < -0.39 is 11.7 Å². The van der Waals surface area contributed by atoms with E-state index in [4.69, 9.17) is 0 Å². The van der Waals surface area contributed by atoms with Crippen molar-refractivity contribution in [2.75, 3.05) is 13.1 Å². The molecule has 11 heavy (non-hydrogen) atoms. The highest BCUT2D eigenvalue weighted by atomic mass is 16.3. The Morgan fingerprint density at radius 1 is 1.73 bits per heavy atom. The molecular formula is C8H16NO2-. The van der Waals surface area contributed by atoms with E-state index in [1.807, 2.05) is 6.92 Å². The molecular weight excluding hydrogens is 142 g/mol. The molecule has 0 radical (unpaired) electrons. The van der Waals surface area contributed by atoms with Crippen molar-refractivity contribution in [2.45, 2.75) is 31.5 Å². The minimum Gasteiger partial charge on any atom is -0.457 e. The molecule has 2 atom stereocenters. The molecule has 1 fully saturated rings. The molecule has 66 valence electrons. The Balaban J connectivity index is 2.56. The quantitative estimate of drug-likeness (QED) is 0.527. The van der Waals surface area contributed by atoms with E-state index in [9.17, 15) is 10.2 Å². The van der Waals surface area contributed by atoms with Crippen LogP contribution in [-0.4, -0.2) is 39.9 Å². The zero-order valence-corrected chi connectivity index (χ0v) is 6.95. The minimum atomic E-state index is -0.867. The lowest BCUT2D eigenvalue weighted by molar-refractivity contribution is -0.113. The number of rotatable bonds is 1. The number of piperidine rings is 1. The van der Waals surface area contributed by atoms with Crippen LogP contribution in [0.4, 0.5) is 0 Å². The molecule has 3 heteroatoms. The third-order valence-electron chi connectivity index (χ3n) is 2.52. The highest BCUT2D eigenvalue weighted by Crippen LogP contribution is 2.24. The summed E-state index contributed by atoms with van der Waals surface area (Å²) in [5, 5.41) is 19.2. The van der Waals surface area contributed by atoms with E-state index in [2.05, 4.69) is 7.05 Å². The summed E-state index contributed by atoms with van der Waals surface area (Å²) in [6, 6.07) is 0. The zero-order valence-electron chi connectivity index (χ0n) is 6.95. The first-order valence-corrected chi connectivity index (χ1v) is 4.04. The van der Waals surface area contributed by atoms with Crippen LogP contribution in [-0.2, 0) is 0 Å². The Labute approximate surface area is 67.6 Å². The monoisotopic (exact) mass is 158 g/mol. The van der Waals surface area contributed by atoms with Gasteiger partial charge in [0.25, 0.3) is 0 Å². The maximum Gasteiger partial charge on any atom is 0.0929 e. The number of hydrogen-bond donors (Lipinski definition) is 2. The van der Waals surface area contributed by atoms with Gasteiger partial charge in [-0.25, -0.2) is 0 Å². The molecule has 1 rings (SSSR count). The van der Waals surface area contributed by atoms with Crippen molar-refractivity contribution in [1.29, 1.82) is 0 Å². The first-order valence-electron chi connectivity index (χ1n) is 4.04. The average Bonchev–Trinajstić information content (AvgIpc) is 1.98. The summed E-state index contributed by atoms with van der Waals surface area (Å²) >= 11 is 0. The van der Waals surface area contributed by atoms with Crippen molar-refractivity contribution in [3.8, 4) is 0 Å². The minimum absolute atomic E-state index is 0.477. The smallest absolute Gasteiger partial charge is 0.0929 e. The van der Waals surface area contributed by atoms with E-state index in [1.165, 1.54) is 0 Å². The van der Waals surface area contributed by atoms with Gasteiger partial charge in [-0.2, -0.15) is 0 Å². The van der Waals surface area contributed by atoms with Crippen LogP contribution in [0.1, 0.15) is 19.8 Å². The highest BCUT2D eigenvalue weighted by molar-refractivity contribution is 4.92. The number of aliphatic hydroxyl groups excluding tert-OH is 1. The molecule has 0 bridgehead atoms. The molecule has 1 aliphatic rings. The maximum atomic E-state index is 9.76. The van der Waals surface area contributed by atoms with Crippen LogP contribution in [0.5, 0.6) is 0 Å². The van der Waals surface area contributed by atoms with Crippen LogP contribution in [0, 0.1) is 7.05 Å². The number of β-amino-alcohol motifs (C(OH)–C–C–N with tert-alkyl or cyclic N) is 1. The van der Waals surface area contributed by atoms with E-state index in [0.717, 1.165) is 6.54 Å². The third kappa shape index (κ3) is 1.72. The molecule has 0 unspecified atom stereocenters. The fourth-order valence-electron chi connectivity index (χ4n) is 1.44. The molecule has 0 aromatic heterocycles. The second-order valence-electron chi connectivity index (χ2n) is 3.30. The number of aliphatic hydroxyl groups is 2. The lowest BCUT2D eigenvalue weighted by Gasteiger charge is -2.43. The van der Waals surface area contributed by atoms with Crippen molar-refractivity contribution < 1.29 is 10.2 Å². The lowest BCUT2D eigenvalue weighted by Crippen LogP contribution is -2.53. The van der Waals surface area contributed by atoms with E-state index in [1.54, 1.807) is 4.90 Å². The Bertz CT molecular complexity index is 140. The van der Waals surface area contributed by atoms with Gasteiger partial charge in [0.1, 0.15) is 0 Å². The first kappa shape index (κ1) is 8.97. The van der Waals surface area contributed by atoms with Crippen LogP contribution >= 0.6 is 0 Å². The van der Waals surface area contributed by atoms with Gasteiger partial charge in [0.15, 0.2) is 0 Å². The normalized spacial score (nSPS) is 40.9. The molecule has 0 aliphatic carbocycles. The van der Waals surface area contributed by atoms with Crippen molar-refractivity contribution in [3.05, 3.63) is 7.05 Å². The Hall–Kier alpha value is -0.120. The third-order valence-corrected chi connectivity index (χ3v) is 2.52. The molecule has 1 saturated heterocycles. The average molecular weight is 158 g/mol. The predicted molar refractivity (Wildman–Crippen MR) is 42.8 cm³/mol. The Morgan fingerprint density at radius 2 is 2.36 bits per heavy atom. The molecule has 0 aromatic rings. The van der Waals surface area contributed by atoms with E-state index in [-0.39, 0.29) is 0 Å². The van der Waals surface area contributed by atoms with Gasteiger partial charge in [-0.3, -0.25) is 7.05 Å². The van der Waals surface area contributed by atoms with Gasteiger partial charge >= 0.3 is 0 Å². The fourth-order valence-corrected chi connectivity index (χ4v) is 1.44. The van der Waals surface area contributed by atoms with Crippen molar-refractivity contribution in [2.24, 2.45) is 0 Å². The molecule has 2 N–H and O–H groups in total. The summed E-state index contributed by atoms with van der Waals surface area (Å²) in [6.07, 6.45) is 0.592. The summed E-state index contributed by atoms with van der Waals surface area (Å²) in [4.78, 5) is 1.79. The first-order chi connectivity index (χ1) is 5.08. The Morgan fingerprint density at radius 3 is 2.82 bits per heavy atom. The fraction of sp³-hybridized carbons (Fsp3) is 0.875. The van der Waals surface area contributed by atoms with Gasteiger partial charge in [-0.05, 0) is 25.9 Å². The van der Waals surface area contributed by atoms with Crippen LogP contribution in [0.3, 0.4) is 0 Å². The van der Waals surface area contributed by atoms with Crippen LogP contribution in [0.15, 0.2) is 0 Å². The second kappa shape index (κ2) is 3.09. The molecule has 0 spiro atoms. The molecule has 3 nitrogen and oxygen atoms in total. The van der Waals surface area contributed by atoms with E-state index in [0.29, 0.717) is 19.4 Å². The molecule has 0 aromatic carbocycles. The lowest BCUT2D eigenvalue weighted by atomic mass is 9.86. The molecule has 0 saturated carbocycles. The summed E-state index contributed by atoms with van der Waals surface area (Å²) in [7, 11) is 3.71. The number of hydrogen-bond acceptors (Lipinski definition) is 3. The summed E-state index contributed by atoms with van der Waals surface area (Å²) < 4.78 is 0. The number of nitrogens with zero attached hydrogens (tertiary/aromatic N) is 1. The van der Waals surface area contributed by atoms with Crippen LogP contribution in [0.25, 0.3) is 0 Å². The van der Waals surface area contributed by atoms with Gasteiger partial charge in [-0.15, -0.1) is 0 Å². The van der Waals surface area contributed by atoms with Gasteiger partial charge in [0.05, 0.1) is 11.7 Å². The van der Waals surface area contributed by atoms with Crippen molar-refractivity contribution in [3.63, 3.8) is 0 Å². The van der Waals surface area contributed by atoms with Gasteiger partial charge in [0.2, 0.25) is 0 Å². The molecule has 0 amide bonds.